The van der Waals surface area contributed by atoms with Crippen molar-refractivity contribution in [3.63, 3.8) is 0 Å². The SMILES string of the molecule is CCc1nc2c(F)cc(N3C(=S)N(c4ccc(C#N)c(C(F)(F)F)c4)C(=O)C3(C)C)cc2c(=O)[nH]1. The molecule has 0 spiro atoms. The lowest BCUT2D eigenvalue weighted by Crippen LogP contribution is -2.44. The van der Waals surface area contributed by atoms with Crippen molar-refractivity contribution in [3.05, 3.63) is 63.5 Å². The van der Waals surface area contributed by atoms with Crippen LogP contribution in [-0.2, 0) is 17.4 Å². The van der Waals surface area contributed by atoms with Gasteiger partial charge in [-0.15, -0.1) is 0 Å². The highest BCUT2D eigenvalue weighted by molar-refractivity contribution is 7.81. The summed E-state index contributed by atoms with van der Waals surface area (Å²) in [5.74, 6) is -1.19. The zero-order valence-electron chi connectivity index (χ0n) is 18.6. The number of thiocarbonyl (C=S) groups is 1. The highest BCUT2D eigenvalue weighted by Crippen LogP contribution is 2.40. The number of benzene rings is 2. The third-order valence-corrected chi connectivity index (χ3v) is 6.11. The maximum atomic E-state index is 15.0. The Kier molecular flexibility index (Phi) is 5.64. The molecule has 0 bridgehead atoms. The van der Waals surface area contributed by atoms with E-state index in [9.17, 15) is 22.8 Å². The van der Waals surface area contributed by atoms with Gasteiger partial charge in [0, 0.05) is 12.1 Å². The fraction of sp³-hybridized carbons (Fsp3) is 0.261. The normalized spacial score (nSPS) is 15.7. The first-order valence-corrected chi connectivity index (χ1v) is 10.7. The zero-order valence-corrected chi connectivity index (χ0v) is 19.4. The molecule has 1 aliphatic heterocycles. The lowest BCUT2D eigenvalue weighted by Gasteiger charge is -2.29. The summed E-state index contributed by atoms with van der Waals surface area (Å²) < 4.78 is 55.5. The molecule has 3 aromatic rings. The van der Waals surface area contributed by atoms with Crippen LogP contribution in [0, 0.1) is 17.1 Å². The highest BCUT2D eigenvalue weighted by atomic mass is 32.1. The van der Waals surface area contributed by atoms with Crippen molar-refractivity contribution in [2.24, 2.45) is 0 Å². The van der Waals surface area contributed by atoms with Crippen LogP contribution in [0.4, 0.5) is 28.9 Å². The molecule has 0 aliphatic carbocycles. The summed E-state index contributed by atoms with van der Waals surface area (Å²) in [7, 11) is 0. The molecule has 0 atom stereocenters. The molecule has 35 heavy (non-hydrogen) atoms. The molecule has 1 amide bonds. The first kappa shape index (κ1) is 24.3. The Bertz CT molecular complexity index is 1510. The molecule has 1 aliphatic rings. The van der Waals surface area contributed by atoms with Crippen LogP contribution in [0.5, 0.6) is 0 Å². The van der Waals surface area contributed by atoms with E-state index < -0.39 is 40.1 Å². The van der Waals surface area contributed by atoms with Crippen LogP contribution in [0.2, 0.25) is 0 Å². The molecule has 1 N–H and O–H groups in total. The van der Waals surface area contributed by atoms with Gasteiger partial charge in [0.1, 0.15) is 16.9 Å². The molecular weight excluding hydrogens is 486 g/mol. The van der Waals surface area contributed by atoms with Gasteiger partial charge in [0.2, 0.25) is 0 Å². The Morgan fingerprint density at radius 2 is 1.86 bits per heavy atom. The van der Waals surface area contributed by atoms with Crippen molar-refractivity contribution >= 4 is 45.5 Å². The van der Waals surface area contributed by atoms with E-state index in [1.165, 1.54) is 36.9 Å². The van der Waals surface area contributed by atoms with Gasteiger partial charge in [-0.2, -0.15) is 18.4 Å². The van der Waals surface area contributed by atoms with Gasteiger partial charge in [-0.25, -0.2) is 9.37 Å². The van der Waals surface area contributed by atoms with E-state index >= 15 is 4.39 Å². The number of fused-ring (bicyclic) bond motifs is 1. The largest absolute Gasteiger partial charge is 0.417 e. The van der Waals surface area contributed by atoms with E-state index in [0.29, 0.717) is 18.3 Å². The van der Waals surface area contributed by atoms with Gasteiger partial charge in [0.05, 0.1) is 28.3 Å². The van der Waals surface area contributed by atoms with Crippen LogP contribution in [0.3, 0.4) is 0 Å². The van der Waals surface area contributed by atoms with Gasteiger partial charge in [0.15, 0.2) is 10.9 Å². The van der Waals surface area contributed by atoms with Crippen molar-refractivity contribution < 1.29 is 22.4 Å². The number of rotatable bonds is 3. The fourth-order valence-corrected chi connectivity index (χ4v) is 4.51. The van der Waals surface area contributed by atoms with E-state index in [2.05, 4.69) is 9.97 Å². The molecule has 2 heterocycles. The number of aromatic nitrogens is 2. The second-order valence-corrected chi connectivity index (χ2v) is 8.71. The number of anilines is 2. The minimum atomic E-state index is -4.84. The van der Waals surface area contributed by atoms with Crippen LogP contribution < -0.4 is 15.4 Å². The highest BCUT2D eigenvalue weighted by Gasteiger charge is 2.51. The van der Waals surface area contributed by atoms with Crippen LogP contribution in [-0.4, -0.2) is 26.5 Å². The Hall–Kier alpha value is -3.85. The van der Waals surface area contributed by atoms with Crippen molar-refractivity contribution in [1.82, 2.24) is 9.97 Å². The van der Waals surface area contributed by atoms with E-state index in [1.807, 2.05) is 0 Å². The van der Waals surface area contributed by atoms with Gasteiger partial charge in [-0.3, -0.25) is 14.5 Å². The Morgan fingerprint density at radius 3 is 2.46 bits per heavy atom. The lowest BCUT2D eigenvalue weighted by atomic mass is 10.0. The minimum absolute atomic E-state index is 0.0575. The Balaban J connectivity index is 1.87. The van der Waals surface area contributed by atoms with Crippen LogP contribution in [0.15, 0.2) is 35.1 Å². The number of aromatic amines is 1. The van der Waals surface area contributed by atoms with E-state index in [4.69, 9.17) is 17.5 Å². The lowest BCUT2D eigenvalue weighted by molar-refractivity contribution is -0.137. The topological polar surface area (TPSA) is 93.1 Å². The molecule has 2 aromatic carbocycles. The van der Waals surface area contributed by atoms with Crippen molar-refractivity contribution in [3.8, 4) is 6.07 Å². The number of carbonyl (C=O) groups excluding carboxylic acids is 1. The summed E-state index contributed by atoms with van der Waals surface area (Å²) in [5.41, 5.74) is -4.14. The second-order valence-electron chi connectivity index (χ2n) is 8.35. The molecule has 1 fully saturated rings. The summed E-state index contributed by atoms with van der Waals surface area (Å²) in [5, 5.41) is 8.76. The van der Waals surface area contributed by atoms with Gasteiger partial charge in [-0.1, -0.05) is 6.92 Å². The second kappa shape index (κ2) is 8.13. The number of nitrogens with one attached hydrogen (secondary N) is 1. The third kappa shape index (κ3) is 3.81. The number of H-pyrrole nitrogens is 1. The standard InChI is InChI=1S/C23H17F4N5O2S/c1-4-17-29-18-14(19(33)30-17)7-13(9-16(18)24)32-21(35)31(20(34)22(32,2)3)12-6-5-11(10-28)15(8-12)23(25,26)27/h5-9H,4H2,1-3H3,(H,29,30,33). The van der Waals surface area contributed by atoms with Gasteiger partial charge < -0.3 is 9.88 Å². The van der Waals surface area contributed by atoms with Crippen molar-refractivity contribution in [2.45, 2.75) is 38.9 Å². The first-order valence-electron chi connectivity index (χ1n) is 10.3. The molecule has 180 valence electrons. The molecular formula is C23H17F4N5O2S. The summed E-state index contributed by atoms with van der Waals surface area (Å²) in [6.07, 6.45) is -4.46. The zero-order chi connectivity index (χ0) is 25.9. The van der Waals surface area contributed by atoms with Crippen molar-refractivity contribution in [1.29, 1.82) is 5.26 Å². The number of hydrogen-bond donors (Lipinski definition) is 1. The third-order valence-electron chi connectivity index (χ3n) is 5.75. The van der Waals surface area contributed by atoms with E-state index in [-0.39, 0.29) is 27.4 Å². The predicted molar refractivity (Wildman–Crippen MR) is 125 cm³/mol. The van der Waals surface area contributed by atoms with E-state index in [1.54, 1.807) is 6.92 Å². The number of halogens is 4. The number of hydrogen-bond acceptors (Lipinski definition) is 5. The number of nitriles is 1. The monoisotopic (exact) mass is 503 g/mol. The minimum Gasteiger partial charge on any atom is -0.310 e. The van der Waals surface area contributed by atoms with Crippen LogP contribution >= 0.6 is 12.2 Å². The quantitative estimate of drug-likeness (QED) is 0.420. The predicted octanol–water partition coefficient (Wildman–Crippen LogP) is 4.43. The molecule has 1 aromatic heterocycles. The summed E-state index contributed by atoms with van der Waals surface area (Å²) >= 11 is 5.45. The number of alkyl halides is 3. The maximum Gasteiger partial charge on any atom is 0.417 e. The first-order chi connectivity index (χ1) is 16.3. The molecule has 0 radical (unpaired) electrons. The number of nitrogens with zero attached hydrogens (tertiary/aromatic N) is 4. The van der Waals surface area contributed by atoms with Gasteiger partial charge >= 0.3 is 6.18 Å². The van der Waals surface area contributed by atoms with Crippen LogP contribution in [0.1, 0.15) is 37.7 Å². The molecule has 4 rings (SSSR count). The smallest absolute Gasteiger partial charge is 0.310 e. The number of amides is 1. The average Bonchev–Trinajstić information content (AvgIpc) is 2.96. The summed E-state index contributed by atoms with van der Waals surface area (Å²) in [4.78, 5) is 34.7. The number of carbonyl (C=O) groups is 1. The van der Waals surface area contributed by atoms with Crippen molar-refractivity contribution in [2.75, 3.05) is 9.80 Å². The molecule has 0 unspecified atom stereocenters. The fourth-order valence-electron chi connectivity index (χ4n) is 3.99. The average molecular weight is 503 g/mol. The summed E-state index contributed by atoms with van der Waals surface area (Å²) in [6, 6.07) is 6.68. The molecule has 12 heteroatoms. The Labute approximate surface area is 201 Å². The van der Waals surface area contributed by atoms with E-state index in [0.717, 1.165) is 17.0 Å². The molecule has 7 nitrogen and oxygen atoms in total. The number of aryl methyl sites for hydroxylation is 1. The molecule has 1 saturated heterocycles. The van der Waals surface area contributed by atoms with Gasteiger partial charge in [0.25, 0.3) is 11.5 Å². The van der Waals surface area contributed by atoms with Crippen LogP contribution in [0.25, 0.3) is 10.9 Å². The molecule has 0 saturated carbocycles. The Morgan fingerprint density at radius 1 is 1.17 bits per heavy atom. The summed E-state index contributed by atoms with van der Waals surface area (Å²) in [6.45, 7) is 4.69. The van der Waals surface area contributed by atoms with Gasteiger partial charge in [-0.05, 0) is 56.4 Å². The maximum absolute atomic E-state index is 15.0.